The van der Waals surface area contributed by atoms with Gasteiger partial charge in [-0.15, -0.1) is 0 Å². The van der Waals surface area contributed by atoms with Crippen LogP contribution in [0.4, 0.5) is 0 Å². The average Bonchev–Trinajstić information content (AvgIpc) is 2.60. The van der Waals surface area contributed by atoms with Crippen LogP contribution in [0.3, 0.4) is 0 Å². The molecule has 2 unspecified atom stereocenters. The minimum Gasteiger partial charge on any atom is -0.358 e. The first kappa shape index (κ1) is 22.8. The highest BCUT2D eigenvalue weighted by molar-refractivity contribution is 7.09. The standard InChI is InChI=1S/C22H35OP/c1-3-5-7-9-11-12-13-15-17-19-21-22(23-24)20-18-16-14-10-8-6-4-2/h6-9,12-14,16-20,22H,3-5,10-11,15,21,24H2,1-2H3/b8-6-,9-7-,13-12-,16-14-,19-17-,20-18+. The molecule has 1 nitrogen and oxygen atoms in total. The molecule has 0 aromatic heterocycles. The van der Waals surface area contributed by atoms with Crippen LogP contribution in [0, 0.1) is 0 Å². The molecule has 0 aromatic rings. The molecule has 2 atom stereocenters. The van der Waals surface area contributed by atoms with Crippen LogP contribution in [0.25, 0.3) is 0 Å². The molecule has 0 heterocycles. The highest BCUT2D eigenvalue weighted by Gasteiger charge is 1.97. The Morgan fingerprint density at radius 1 is 0.750 bits per heavy atom. The Kier molecular flexibility index (Phi) is 18.9. The molecule has 0 aliphatic carbocycles. The van der Waals surface area contributed by atoms with Gasteiger partial charge in [-0.2, -0.15) is 0 Å². The first-order valence-corrected chi connectivity index (χ1v) is 9.61. The summed E-state index contributed by atoms with van der Waals surface area (Å²) in [6.07, 6.45) is 33.6. The normalized spacial score (nSPS) is 14.6. The summed E-state index contributed by atoms with van der Waals surface area (Å²) in [6.45, 7) is 4.35. The lowest BCUT2D eigenvalue weighted by Crippen LogP contribution is -2.00. The van der Waals surface area contributed by atoms with Gasteiger partial charge in [0.25, 0.3) is 0 Å². The second-order valence-electron chi connectivity index (χ2n) is 5.51. The van der Waals surface area contributed by atoms with Crippen molar-refractivity contribution in [2.24, 2.45) is 0 Å². The number of hydrogen-bond donors (Lipinski definition) is 0. The summed E-state index contributed by atoms with van der Waals surface area (Å²) in [5.74, 6) is 0. The van der Waals surface area contributed by atoms with Gasteiger partial charge in [0.05, 0.1) is 6.10 Å². The maximum atomic E-state index is 5.38. The molecule has 0 saturated carbocycles. The summed E-state index contributed by atoms with van der Waals surface area (Å²) < 4.78 is 5.38. The lowest BCUT2D eigenvalue weighted by molar-refractivity contribution is 0.298. The van der Waals surface area contributed by atoms with Crippen molar-refractivity contribution in [1.29, 1.82) is 0 Å². The zero-order chi connectivity index (χ0) is 17.7. The molecule has 0 aromatic carbocycles. The summed E-state index contributed by atoms with van der Waals surface area (Å²) >= 11 is 0. The zero-order valence-corrected chi connectivity index (χ0v) is 16.6. The van der Waals surface area contributed by atoms with Crippen molar-refractivity contribution < 1.29 is 4.52 Å². The summed E-state index contributed by atoms with van der Waals surface area (Å²) in [5.41, 5.74) is 0. The number of hydrogen-bond acceptors (Lipinski definition) is 1. The van der Waals surface area contributed by atoms with Gasteiger partial charge in [-0.1, -0.05) is 93.2 Å². The van der Waals surface area contributed by atoms with Crippen LogP contribution in [0.15, 0.2) is 72.9 Å². The molecule has 0 bridgehead atoms. The smallest absolute Gasteiger partial charge is 0.0828 e. The molecule has 0 saturated heterocycles. The van der Waals surface area contributed by atoms with Crippen molar-refractivity contribution in [2.45, 2.75) is 64.9 Å². The second-order valence-corrected chi connectivity index (χ2v) is 5.79. The number of allylic oxidation sites excluding steroid dienone is 10. The Morgan fingerprint density at radius 2 is 1.38 bits per heavy atom. The summed E-state index contributed by atoms with van der Waals surface area (Å²) in [5, 5.41) is 0. The molecule has 0 amide bonds. The Bertz CT molecular complexity index is 427. The molecular formula is C22H35OP. The van der Waals surface area contributed by atoms with E-state index >= 15 is 0 Å². The number of unbranched alkanes of at least 4 members (excludes halogenated alkanes) is 1. The van der Waals surface area contributed by atoms with Gasteiger partial charge < -0.3 is 4.52 Å². The van der Waals surface area contributed by atoms with Crippen LogP contribution in [0.1, 0.15) is 58.8 Å². The van der Waals surface area contributed by atoms with E-state index in [0.29, 0.717) is 0 Å². The minimum atomic E-state index is 0.114. The SMILES string of the molecule is CC/C=C\C/C=C\C=C\C(C/C=C\C/C=C\C/C=C\CCC)OP. The van der Waals surface area contributed by atoms with E-state index in [-0.39, 0.29) is 6.10 Å². The number of rotatable bonds is 14. The first-order valence-electron chi connectivity index (χ1n) is 9.13. The van der Waals surface area contributed by atoms with Crippen LogP contribution < -0.4 is 0 Å². The predicted octanol–water partition coefficient (Wildman–Crippen LogP) is 7.27. The second kappa shape index (κ2) is 19.9. The van der Waals surface area contributed by atoms with Crippen LogP contribution in [0.2, 0.25) is 0 Å². The molecular weight excluding hydrogens is 311 g/mol. The molecule has 0 aliphatic heterocycles. The lowest BCUT2D eigenvalue weighted by atomic mass is 10.2. The maximum absolute atomic E-state index is 5.38. The Labute approximate surface area is 152 Å². The summed E-state index contributed by atoms with van der Waals surface area (Å²) in [4.78, 5) is 0. The van der Waals surface area contributed by atoms with E-state index in [1.807, 2.05) is 0 Å². The third-order valence-electron chi connectivity index (χ3n) is 3.29. The fourth-order valence-corrected chi connectivity index (χ4v) is 2.12. The lowest BCUT2D eigenvalue weighted by Gasteiger charge is -2.06. The van der Waals surface area contributed by atoms with Crippen molar-refractivity contribution in [3.05, 3.63) is 72.9 Å². The third kappa shape index (κ3) is 17.2. The molecule has 0 radical (unpaired) electrons. The highest BCUT2D eigenvalue weighted by atomic mass is 31.0. The Balaban J connectivity index is 3.87. The molecule has 0 aliphatic rings. The molecule has 0 spiro atoms. The van der Waals surface area contributed by atoms with E-state index in [9.17, 15) is 0 Å². The highest BCUT2D eigenvalue weighted by Crippen LogP contribution is 2.07. The van der Waals surface area contributed by atoms with Gasteiger partial charge in [-0.3, -0.25) is 0 Å². The van der Waals surface area contributed by atoms with Crippen LogP contribution >= 0.6 is 9.47 Å². The fourth-order valence-electron chi connectivity index (χ4n) is 1.92. The predicted molar refractivity (Wildman–Crippen MR) is 113 cm³/mol. The van der Waals surface area contributed by atoms with Gasteiger partial charge in [0.15, 0.2) is 0 Å². The Hall–Kier alpha value is -1.17. The molecule has 134 valence electrons. The van der Waals surface area contributed by atoms with Gasteiger partial charge in [0, 0.05) is 9.47 Å². The van der Waals surface area contributed by atoms with Crippen molar-refractivity contribution in [2.75, 3.05) is 0 Å². The Morgan fingerprint density at radius 3 is 2.04 bits per heavy atom. The minimum absolute atomic E-state index is 0.114. The van der Waals surface area contributed by atoms with E-state index in [1.54, 1.807) is 0 Å². The average molecular weight is 346 g/mol. The summed E-state index contributed by atoms with van der Waals surface area (Å²) in [6, 6.07) is 0. The molecule has 0 N–H and O–H groups in total. The van der Waals surface area contributed by atoms with E-state index in [1.165, 1.54) is 12.8 Å². The van der Waals surface area contributed by atoms with Crippen LogP contribution in [-0.4, -0.2) is 6.10 Å². The third-order valence-corrected chi connectivity index (χ3v) is 3.64. The van der Waals surface area contributed by atoms with Crippen molar-refractivity contribution in [3.63, 3.8) is 0 Å². The molecule has 0 fully saturated rings. The van der Waals surface area contributed by atoms with E-state index in [0.717, 1.165) is 32.1 Å². The van der Waals surface area contributed by atoms with Crippen molar-refractivity contribution in [1.82, 2.24) is 0 Å². The largest absolute Gasteiger partial charge is 0.358 e. The summed E-state index contributed by atoms with van der Waals surface area (Å²) in [7, 11) is 2.36. The zero-order valence-electron chi connectivity index (χ0n) is 15.4. The monoisotopic (exact) mass is 346 g/mol. The van der Waals surface area contributed by atoms with Gasteiger partial charge in [-0.05, 0) is 38.5 Å². The van der Waals surface area contributed by atoms with Gasteiger partial charge >= 0.3 is 0 Å². The van der Waals surface area contributed by atoms with Gasteiger partial charge in [0.2, 0.25) is 0 Å². The fraction of sp³-hybridized carbons (Fsp3) is 0.455. The van der Waals surface area contributed by atoms with Gasteiger partial charge in [0.1, 0.15) is 0 Å². The van der Waals surface area contributed by atoms with Crippen LogP contribution in [0.5, 0.6) is 0 Å². The van der Waals surface area contributed by atoms with E-state index in [4.69, 9.17) is 4.52 Å². The van der Waals surface area contributed by atoms with Crippen molar-refractivity contribution >= 4 is 9.47 Å². The topological polar surface area (TPSA) is 9.23 Å². The van der Waals surface area contributed by atoms with Crippen LogP contribution in [-0.2, 0) is 4.52 Å². The molecule has 24 heavy (non-hydrogen) atoms. The molecule has 2 heteroatoms. The molecule has 0 rings (SSSR count). The van der Waals surface area contributed by atoms with E-state index < -0.39 is 0 Å². The maximum Gasteiger partial charge on any atom is 0.0828 e. The first-order chi connectivity index (χ1) is 11.8. The van der Waals surface area contributed by atoms with Crippen molar-refractivity contribution in [3.8, 4) is 0 Å². The van der Waals surface area contributed by atoms with Gasteiger partial charge in [-0.25, -0.2) is 0 Å². The quantitative estimate of drug-likeness (QED) is 0.182. The van der Waals surface area contributed by atoms with E-state index in [2.05, 4.69) is 96.2 Å².